The molecule has 0 heterocycles. The van der Waals surface area contributed by atoms with Crippen molar-refractivity contribution in [3.05, 3.63) is 28.2 Å². The minimum atomic E-state index is -0.747. The molecule has 0 atom stereocenters. The van der Waals surface area contributed by atoms with E-state index in [1.165, 1.54) is 7.05 Å². The number of nitrogens with zero attached hydrogens (tertiary/aromatic N) is 1. The van der Waals surface area contributed by atoms with Crippen LogP contribution in [0.1, 0.15) is 5.56 Å². The summed E-state index contributed by atoms with van der Waals surface area (Å²) in [5.41, 5.74) is 8.89. The molecule has 0 aliphatic carbocycles. The molecule has 0 aliphatic rings. The van der Waals surface area contributed by atoms with E-state index in [0.717, 1.165) is 15.0 Å². The van der Waals surface area contributed by atoms with Gasteiger partial charge in [0.1, 0.15) is 0 Å². The highest BCUT2D eigenvalue weighted by atomic mass is 79.9. The quantitative estimate of drug-likeness (QED) is 0.691. The van der Waals surface area contributed by atoms with E-state index < -0.39 is 12.1 Å². The van der Waals surface area contributed by atoms with E-state index in [2.05, 4.69) is 26.7 Å². The summed E-state index contributed by atoms with van der Waals surface area (Å²) in [5, 5.41) is 3.46. The third kappa shape index (κ3) is 3.95. The van der Waals surface area contributed by atoms with Gasteiger partial charge in [-0.1, -0.05) is 6.07 Å². The molecule has 92 valence electrons. The number of primary amides is 1. The minimum Gasteiger partial charge on any atom is -0.350 e. The molecule has 4 N–H and O–H groups in total. The zero-order valence-electron chi connectivity index (χ0n) is 9.45. The molecule has 0 fully saturated rings. The Bertz CT molecular complexity index is 450. The SMILES string of the molecule is Cc1ccc(NC(=O)NN(C)C(N)=O)c(Br)c1. The van der Waals surface area contributed by atoms with Crippen molar-refractivity contribution in [2.45, 2.75) is 6.92 Å². The van der Waals surface area contributed by atoms with Gasteiger partial charge < -0.3 is 11.1 Å². The molecule has 0 unspecified atom stereocenters. The number of nitrogens with two attached hydrogens (primary N) is 1. The van der Waals surface area contributed by atoms with Crippen LogP contribution in [-0.2, 0) is 0 Å². The minimum absolute atomic E-state index is 0.546. The molecule has 4 amide bonds. The predicted molar refractivity (Wildman–Crippen MR) is 68.4 cm³/mol. The van der Waals surface area contributed by atoms with Crippen LogP contribution in [0.2, 0.25) is 0 Å². The van der Waals surface area contributed by atoms with Gasteiger partial charge in [-0.15, -0.1) is 0 Å². The number of hydrogen-bond acceptors (Lipinski definition) is 2. The van der Waals surface area contributed by atoms with Gasteiger partial charge in [0, 0.05) is 11.5 Å². The van der Waals surface area contributed by atoms with Gasteiger partial charge in [-0.2, -0.15) is 0 Å². The van der Waals surface area contributed by atoms with Gasteiger partial charge in [-0.25, -0.2) is 20.0 Å². The lowest BCUT2D eigenvalue weighted by Crippen LogP contribution is -2.47. The van der Waals surface area contributed by atoms with Gasteiger partial charge in [-0.05, 0) is 40.5 Å². The molecule has 17 heavy (non-hydrogen) atoms. The molecule has 0 bridgehead atoms. The standard InChI is InChI=1S/C10H13BrN4O2/c1-6-3-4-8(7(11)5-6)13-10(17)14-15(2)9(12)16/h3-5H,1-2H3,(H2,12,16)(H2,13,14,17). The lowest BCUT2D eigenvalue weighted by Gasteiger charge is -2.16. The second-order valence-corrected chi connectivity index (χ2v) is 4.30. The fourth-order valence-corrected chi connectivity index (χ4v) is 1.67. The van der Waals surface area contributed by atoms with E-state index in [9.17, 15) is 9.59 Å². The van der Waals surface area contributed by atoms with Gasteiger partial charge in [-0.3, -0.25) is 0 Å². The Morgan fingerprint density at radius 1 is 1.41 bits per heavy atom. The van der Waals surface area contributed by atoms with E-state index in [4.69, 9.17) is 5.73 Å². The van der Waals surface area contributed by atoms with Crippen LogP contribution in [0.25, 0.3) is 0 Å². The van der Waals surface area contributed by atoms with Crippen LogP contribution in [0, 0.1) is 6.92 Å². The number of rotatable bonds is 1. The highest BCUT2D eigenvalue weighted by Gasteiger charge is 2.09. The number of amides is 4. The number of hydrazine groups is 1. The fourth-order valence-electron chi connectivity index (χ4n) is 1.08. The second-order valence-electron chi connectivity index (χ2n) is 3.45. The van der Waals surface area contributed by atoms with E-state index in [1.54, 1.807) is 6.07 Å². The molecule has 0 aliphatic heterocycles. The molecule has 0 saturated carbocycles. The number of benzene rings is 1. The maximum atomic E-state index is 11.5. The predicted octanol–water partition coefficient (Wildman–Crippen LogP) is 1.80. The second kappa shape index (κ2) is 5.53. The molecule has 6 nitrogen and oxygen atoms in total. The first-order valence-electron chi connectivity index (χ1n) is 4.77. The number of carbonyl (C=O) groups excluding carboxylic acids is 2. The van der Waals surface area contributed by atoms with Crippen LogP contribution in [-0.4, -0.2) is 24.1 Å². The van der Waals surface area contributed by atoms with Crippen LogP contribution >= 0.6 is 15.9 Å². The van der Waals surface area contributed by atoms with Gasteiger partial charge in [0.05, 0.1) is 5.69 Å². The van der Waals surface area contributed by atoms with Crippen molar-refractivity contribution in [1.29, 1.82) is 0 Å². The van der Waals surface area contributed by atoms with Gasteiger partial charge >= 0.3 is 12.1 Å². The largest absolute Gasteiger partial charge is 0.350 e. The topological polar surface area (TPSA) is 87.5 Å². The van der Waals surface area contributed by atoms with Gasteiger partial charge in [0.15, 0.2) is 0 Å². The van der Waals surface area contributed by atoms with Crippen LogP contribution in [0.15, 0.2) is 22.7 Å². The van der Waals surface area contributed by atoms with Crippen LogP contribution in [0.5, 0.6) is 0 Å². The smallest absolute Gasteiger partial charge is 0.338 e. The molecular weight excluding hydrogens is 288 g/mol. The summed E-state index contributed by atoms with van der Waals surface area (Å²) in [6.45, 7) is 1.94. The molecule has 0 aromatic heterocycles. The number of aryl methyl sites for hydroxylation is 1. The van der Waals surface area contributed by atoms with Crippen molar-refractivity contribution in [3.8, 4) is 0 Å². The maximum Gasteiger partial charge on any atom is 0.338 e. The van der Waals surface area contributed by atoms with Crippen molar-refractivity contribution in [1.82, 2.24) is 10.4 Å². The molecule has 7 heteroatoms. The lowest BCUT2D eigenvalue weighted by atomic mass is 10.2. The first-order chi connectivity index (χ1) is 7.90. The average Bonchev–Trinajstić information content (AvgIpc) is 2.22. The van der Waals surface area contributed by atoms with Crippen molar-refractivity contribution >= 4 is 33.7 Å². The van der Waals surface area contributed by atoms with Crippen LogP contribution < -0.4 is 16.5 Å². The van der Waals surface area contributed by atoms with Crippen molar-refractivity contribution in [2.24, 2.45) is 5.73 Å². The van der Waals surface area contributed by atoms with E-state index in [1.807, 2.05) is 19.1 Å². The van der Waals surface area contributed by atoms with Crippen LogP contribution in [0.4, 0.5) is 15.3 Å². The third-order valence-corrected chi connectivity index (χ3v) is 2.63. The fraction of sp³-hybridized carbons (Fsp3) is 0.200. The molecule has 1 rings (SSSR count). The Morgan fingerprint density at radius 2 is 2.06 bits per heavy atom. The van der Waals surface area contributed by atoms with E-state index >= 15 is 0 Å². The summed E-state index contributed by atoms with van der Waals surface area (Å²) in [6.07, 6.45) is 0. The summed E-state index contributed by atoms with van der Waals surface area (Å²) < 4.78 is 0.759. The Morgan fingerprint density at radius 3 is 2.59 bits per heavy atom. The Hall–Kier alpha value is -1.76. The third-order valence-electron chi connectivity index (χ3n) is 1.97. The Balaban J connectivity index is 2.65. The number of nitrogens with one attached hydrogen (secondary N) is 2. The van der Waals surface area contributed by atoms with E-state index in [-0.39, 0.29) is 0 Å². The maximum absolute atomic E-state index is 11.5. The monoisotopic (exact) mass is 300 g/mol. The van der Waals surface area contributed by atoms with E-state index in [0.29, 0.717) is 5.69 Å². The highest BCUT2D eigenvalue weighted by Crippen LogP contribution is 2.23. The number of anilines is 1. The first-order valence-corrected chi connectivity index (χ1v) is 5.56. The lowest BCUT2D eigenvalue weighted by molar-refractivity contribution is 0.193. The molecule has 1 aromatic carbocycles. The molecule has 0 spiro atoms. The average molecular weight is 301 g/mol. The molecule has 0 radical (unpaired) electrons. The molecule has 1 aromatic rings. The number of carbonyl (C=O) groups is 2. The Kier molecular flexibility index (Phi) is 4.33. The summed E-state index contributed by atoms with van der Waals surface area (Å²) in [7, 11) is 1.35. The molecule has 0 saturated heterocycles. The summed E-state index contributed by atoms with van der Waals surface area (Å²) in [4.78, 5) is 22.2. The van der Waals surface area contributed by atoms with Gasteiger partial charge in [0.25, 0.3) is 0 Å². The zero-order valence-corrected chi connectivity index (χ0v) is 11.0. The highest BCUT2D eigenvalue weighted by molar-refractivity contribution is 9.10. The zero-order chi connectivity index (χ0) is 13.0. The normalized spacial score (nSPS) is 9.59. The van der Waals surface area contributed by atoms with Crippen molar-refractivity contribution < 1.29 is 9.59 Å². The summed E-state index contributed by atoms with van der Waals surface area (Å²) in [5.74, 6) is 0. The number of hydrogen-bond donors (Lipinski definition) is 3. The summed E-state index contributed by atoms with van der Waals surface area (Å²) >= 11 is 3.32. The first kappa shape index (κ1) is 13.3. The van der Waals surface area contributed by atoms with Crippen LogP contribution in [0.3, 0.4) is 0 Å². The van der Waals surface area contributed by atoms with Crippen molar-refractivity contribution in [3.63, 3.8) is 0 Å². The summed E-state index contributed by atoms with van der Waals surface area (Å²) in [6, 6.07) is 4.19. The van der Waals surface area contributed by atoms with Gasteiger partial charge in [0.2, 0.25) is 0 Å². The number of urea groups is 2. The number of halogens is 1. The molecular formula is C10H13BrN4O2. The van der Waals surface area contributed by atoms with Crippen molar-refractivity contribution in [2.75, 3.05) is 12.4 Å². The Labute approximate surface area is 107 Å².